The smallest absolute Gasteiger partial charge is 0.127 e. The Labute approximate surface area is 84.1 Å². The van der Waals surface area contributed by atoms with Crippen LogP contribution >= 0.6 is 0 Å². The molecule has 1 N–H and O–H groups in total. The Bertz CT molecular complexity index is 310. The van der Waals surface area contributed by atoms with Gasteiger partial charge in [-0.15, -0.1) is 6.58 Å². The van der Waals surface area contributed by atoms with Crippen molar-refractivity contribution in [3.05, 3.63) is 36.2 Å². The zero-order valence-corrected chi connectivity index (χ0v) is 8.36. The first kappa shape index (κ1) is 10.7. The molecule has 0 bridgehead atoms. The van der Waals surface area contributed by atoms with Gasteiger partial charge in [0.05, 0.1) is 13.2 Å². The Morgan fingerprint density at radius 2 is 2.43 bits per heavy atom. The minimum absolute atomic E-state index is 0.0454. The average molecular weight is 193 g/mol. The quantitative estimate of drug-likeness (QED) is 0.726. The Kier molecular flexibility index (Phi) is 4.13. The van der Waals surface area contributed by atoms with Crippen molar-refractivity contribution in [2.45, 2.75) is 20.0 Å². The van der Waals surface area contributed by atoms with E-state index in [4.69, 9.17) is 9.84 Å². The van der Waals surface area contributed by atoms with Gasteiger partial charge in [0.1, 0.15) is 5.75 Å². The van der Waals surface area contributed by atoms with Crippen molar-refractivity contribution in [2.24, 2.45) is 0 Å². The van der Waals surface area contributed by atoms with E-state index < -0.39 is 0 Å². The van der Waals surface area contributed by atoms with E-state index in [-0.39, 0.29) is 6.61 Å². The van der Waals surface area contributed by atoms with Gasteiger partial charge in [0.15, 0.2) is 0 Å². The van der Waals surface area contributed by atoms with Crippen LogP contribution in [0.5, 0.6) is 5.75 Å². The third-order valence-electron chi connectivity index (χ3n) is 1.82. The molecule has 14 heavy (non-hydrogen) atoms. The van der Waals surface area contributed by atoms with Gasteiger partial charge < -0.3 is 9.84 Å². The van der Waals surface area contributed by atoms with Crippen LogP contribution < -0.4 is 4.74 Å². The fraction of sp³-hybridized carbons (Fsp3) is 0.364. The van der Waals surface area contributed by atoms with Gasteiger partial charge >= 0.3 is 0 Å². The summed E-state index contributed by atoms with van der Waals surface area (Å²) in [6.07, 6.45) is 4.08. The van der Waals surface area contributed by atoms with Gasteiger partial charge in [0.25, 0.3) is 0 Å². The van der Waals surface area contributed by atoms with Crippen LogP contribution in [0.1, 0.15) is 18.9 Å². The molecule has 0 fully saturated rings. The first-order valence-corrected chi connectivity index (χ1v) is 4.55. The SMILES string of the molecule is C=C(C)CCOc1ccncc1CO. The maximum Gasteiger partial charge on any atom is 0.127 e. The molecule has 0 saturated heterocycles. The lowest BCUT2D eigenvalue weighted by atomic mass is 10.2. The minimum atomic E-state index is -0.0454. The van der Waals surface area contributed by atoms with Crippen molar-refractivity contribution >= 4 is 0 Å². The van der Waals surface area contributed by atoms with E-state index in [0.717, 1.165) is 12.0 Å². The maximum absolute atomic E-state index is 8.99. The lowest BCUT2D eigenvalue weighted by Crippen LogP contribution is -2.00. The molecule has 0 saturated carbocycles. The van der Waals surface area contributed by atoms with Gasteiger partial charge in [-0.05, 0) is 13.0 Å². The molecule has 1 aromatic rings. The summed E-state index contributed by atoms with van der Waals surface area (Å²) >= 11 is 0. The zero-order chi connectivity index (χ0) is 10.4. The molecular weight excluding hydrogens is 178 g/mol. The molecule has 1 aromatic heterocycles. The minimum Gasteiger partial charge on any atom is -0.493 e. The molecule has 76 valence electrons. The Morgan fingerprint density at radius 3 is 3.07 bits per heavy atom. The van der Waals surface area contributed by atoms with E-state index in [1.165, 1.54) is 0 Å². The van der Waals surface area contributed by atoms with Crippen LogP contribution in [0.2, 0.25) is 0 Å². The first-order chi connectivity index (χ1) is 6.74. The highest BCUT2D eigenvalue weighted by Crippen LogP contribution is 2.16. The fourth-order valence-corrected chi connectivity index (χ4v) is 1.01. The molecule has 3 heteroatoms. The summed E-state index contributed by atoms with van der Waals surface area (Å²) in [5.41, 5.74) is 1.80. The number of hydrogen-bond acceptors (Lipinski definition) is 3. The Balaban J connectivity index is 2.53. The van der Waals surface area contributed by atoms with Crippen LogP contribution in [0.4, 0.5) is 0 Å². The summed E-state index contributed by atoms with van der Waals surface area (Å²) in [5, 5.41) is 8.99. The molecule has 3 nitrogen and oxygen atoms in total. The first-order valence-electron chi connectivity index (χ1n) is 4.55. The molecular formula is C11H15NO2. The van der Waals surface area contributed by atoms with Crippen LogP contribution in [0.3, 0.4) is 0 Å². The molecule has 1 rings (SSSR count). The standard InChI is InChI=1S/C11H15NO2/c1-9(2)4-6-14-11-3-5-12-7-10(11)8-13/h3,5,7,13H,1,4,6,8H2,2H3. The summed E-state index contributed by atoms with van der Waals surface area (Å²) in [7, 11) is 0. The molecule has 0 amide bonds. The third-order valence-corrected chi connectivity index (χ3v) is 1.82. The number of hydrogen-bond donors (Lipinski definition) is 1. The normalized spacial score (nSPS) is 9.86. The molecule has 0 spiro atoms. The van der Waals surface area contributed by atoms with E-state index in [1.807, 2.05) is 6.92 Å². The van der Waals surface area contributed by atoms with Crippen LogP contribution in [0.25, 0.3) is 0 Å². The number of pyridine rings is 1. The van der Waals surface area contributed by atoms with Gasteiger partial charge in [-0.1, -0.05) is 5.57 Å². The number of aliphatic hydroxyl groups excluding tert-OH is 1. The maximum atomic E-state index is 8.99. The van der Waals surface area contributed by atoms with Crippen molar-refractivity contribution in [1.29, 1.82) is 0 Å². The highest BCUT2D eigenvalue weighted by Gasteiger charge is 2.01. The predicted octanol–water partition coefficient (Wildman–Crippen LogP) is 1.92. The van der Waals surface area contributed by atoms with Crippen molar-refractivity contribution < 1.29 is 9.84 Å². The van der Waals surface area contributed by atoms with Gasteiger partial charge in [0, 0.05) is 24.4 Å². The number of nitrogens with zero attached hydrogens (tertiary/aromatic N) is 1. The number of ether oxygens (including phenoxy) is 1. The summed E-state index contributed by atoms with van der Waals surface area (Å²) in [6, 6.07) is 1.75. The fourth-order valence-electron chi connectivity index (χ4n) is 1.01. The summed E-state index contributed by atoms with van der Waals surface area (Å²) in [4.78, 5) is 3.90. The molecule has 0 aliphatic heterocycles. The van der Waals surface area contributed by atoms with E-state index in [0.29, 0.717) is 17.9 Å². The van der Waals surface area contributed by atoms with Crippen LogP contribution in [-0.2, 0) is 6.61 Å². The average Bonchev–Trinajstić information content (AvgIpc) is 2.18. The summed E-state index contributed by atoms with van der Waals surface area (Å²) < 4.78 is 5.48. The second kappa shape index (κ2) is 5.40. The largest absolute Gasteiger partial charge is 0.493 e. The van der Waals surface area contributed by atoms with Crippen LogP contribution in [0, 0.1) is 0 Å². The number of aromatic nitrogens is 1. The van der Waals surface area contributed by atoms with Crippen molar-refractivity contribution in [3.8, 4) is 5.75 Å². The molecule has 0 aliphatic carbocycles. The van der Waals surface area contributed by atoms with Gasteiger partial charge in [0.2, 0.25) is 0 Å². The van der Waals surface area contributed by atoms with Crippen LogP contribution in [0.15, 0.2) is 30.6 Å². The number of aliphatic hydroxyl groups is 1. The summed E-state index contributed by atoms with van der Waals surface area (Å²) in [5.74, 6) is 0.698. The second-order valence-corrected chi connectivity index (χ2v) is 3.20. The second-order valence-electron chi connectivity index (χ2n) is 3.20. The Morgan fingerprint density at radius 1 is 1.64 bits per heavy atom. The lowest BCUT2D eigenvalue weighted by molar-refractivity contribution is 0.263. The molecule has 0 unspecified atom stereocenters. The molecule has 0 radical (unpaired) electrons. The van der Waals surface area contributed by atoms with Crippen molar-refractivity contribution in [2.75, 3.05) is 6.61 Å². The predicted molar refractivity (Wildman–Crippen MR) is 55.1 cm³/mol. The highest BCUT2D eigenvalue weighted by atomic mass is 16.5. The monoisotopic (exact) mass is 193 g/mol. The van der Waals surface area contributed by atoms with E-state index in [9.17, 15) is 0 Å². The molecule has 0 atom stereocenters. The molecule has 1 heterocycles. The van der Waals surface area contributed by atoms with Crippen molar-refractivity contribution in [1.82, 2.24) is 4.98 Å². The number of rotatable bonds is 5. The third kappa shape index (κ3) is 3.18. The zero-order valence-electron chi connectivity index (χ0n) is 8.36. The lowest BCUT2D eigenvalue weighted by Gasteiger charge is -2.08. The van der Waals surface area contributed by atoms with Gasteiger partial charge in [-0.25, -0.2) is 0 Å². The van der Waals surface area contributed by atoms with Crippen LogP contribution in [-0.4, -0.2) is 16.7 Å². The van der Waals surface area contributed by atoms with E-state index in [2.05, 4.69) is 11.6 Å². The van der Waals surface area contributed by atoms with Crippen molar-refractivity contribution in [3.63, 3.8) is 0 Å². The summed E-state index contributed by atoms with van der Waals surface area (Å²) in [6.45, 7) is 6.29. The molecule has 0 aliphatic rings. The van der Waals surface area contributed by atoms with E-state index in [1.54, 1.807) is 18.5 Å². The van der Waals surface area contributed by atoms with Gasteiger partial charge in [-0.2, -0.15) is 0 Å². The highest BCUT2D eigenvalue weighted by molar-refractivity contribution is 5.29. The van der Waals surface area contributed by atoms with Gasteiger partial charge in [-0.3, -0.25) is 4.98 Å². The van der Waals surface area contributed by atoms with E-state index >= 15 is 0 Å². The molecule has 0 aromatic carbocycles. The Hall–Kier alpha value is -1.35. The topological polar surface area (TPSA) is 42.4 Å².